The molecule has 2 aliphatic heterocycles. The first-order valence-electron chi connectivity index (χ1n) is 19.7. The van der Waals surface area contributed by atoms with Crippen molar-refractivity contribution in [1.82, 2.24) is 29.7 Å². The molecule has 0 atom stereocenters. The fourth-order valence-electron chi connectivity index (χ4n) is 8.00. The SMILES string of the molecule is C=CN(C=CNCCCn1c(C)c(C=C2CCNC=C(C)N=CC2=C)c2ccccc21)CCCn1c(C)c(C=C2CC[n+]3cc(C)ncc32)c2ccccc21. The van der Waals surface area contributed by atoms with Crippen LogP contribution in [-0.2, 0) is 19.6 Å². The number of aliphatic imine (C=N–C) groups is 1. The average Bonchev–Trinajstić information content (AvgIpc) is 3.82. The number of hydrogen-bond acceptors (Lipinski definition) is 5. The fourth-order valence-corrected chi connectivity index (χ4v) is 8.00. The van der Waals surface area contributed by atoms with E-state index in [0.717, 1.165) is 81.9 Å². The van der Waals surface area contributed by atoms with Crippen molar-refractivity contribution in [2.75, 3.05) is 19.6 Å². The number of nitrogens with zero attached hydrogens (tertiary/aromatic N) is 6. The van der Waals surface area contributed by atoms with Crippen LogP contribution in [0.2, 0.25) is 0 Å². The maximum Gasteiger partial charge on any atom is 0.227 e. The van der Waals surface area contributed by atoms with Crippen molar-refractivity contribution in [2.45, 2.75) is 73.0 Å². The highest BCUT2D eigenvalue weighted by molar-refractivity contribution is 5.96. The minimum Gasteiger partial charge on any atom is -0.390 e. The van der Waals surface area contributed by atoms with Gasteiger partial charge in [0, 0.05) is 114 Å². The molecule has 0 spiro atoms. The van der Waals surface area contributed by atoms with Gasteiger partial charge in [0.1, 0.15) is 5.69 Å². The van der Waals surface area contributed by atoms with Gasteiger partial charge in [0.15, 0.2) is 12.7 Å². The van der Waals surface area contributed by atoms with Gasteiger partial charge in [0.25, 0.3) is 0 Å². The van der Waals surface area contributed by atoms with Crippen LogP contribution in [0.1, 0.15) is 66.5 Å². The van der Waals surface area contributed by atoms with Crippen molar-refractivity contribution in [3.63, 3.8) is 0 Å². The lowest BCUT2D eigenvalue weighted by molar-refractivity contribution is -0.690. The van der Waals surface area contributed by atoms with Gasteiger partial charge in [-0.3, -0.25) is 4.99 Å². The second kappa shape index (κ2) is 17.1. The summed E-state index contributed by atoms with van der Waals surface area (Å²) >= 11 is 0. The minimum absolute atomic E-state index is 0.850. The molecular formula is C47H55N8+. The molecule has 3 aromatic heterocycles. The molecule has 2 aliphatic rings. The lowest BCUT2D eigenvalue weighted by atomic mass is 10.00. The summed E-state index contributed by atoms with van der Waals surface area (Å²) in [6.45, 7) is 22.5. The van der Waals surface area contributed by atoms with E-state index in [-0.39, 0.29) is 0 Å². The normalized spacial score (nSPS) is 16.1. The molecule has 0 aliphatic carbocycles. The Morgan fingerprint density at radius 2 is 1.56 bits per heavy atom. The standard InChI is InChI=1S/C47H55N8/c1-7-52(23-13-25-55-38(6)44(42-15-9-11-17-46(42)55)29-40-19-26-53-33-36(4)51-32-47(40)53)27-22-48-20-12-24-54-37(5)43(41-14-8-10-16-45(41)54)28-39-18-21-49-31-35(3)50-30-34(39)2/h7-11,14-17,22,27-33,48-49H,1-2,12-13,18-21,23-26H2,3-6H3/q+1. The molecule has 8 nitrogen and oxygen atoms in total. The molecule has 0 saturated heterocycles. The minimum atomic E-state index is 0.850. The maximum atomic E-state index is 4.59. The second-order valence-electron chi connectivity index (χ2n) is 14.7. The van der Waals surface area contributed by atoms with Gasteiger partial charge in [-0.25, -0.2) is 4.98 Å². The number of nitrogens with one attached hydrogen (secondary N) is 2. The van der Waals surface area contributed by atoms with Crippen LogP contribution in [0.3, 0.4) is 0 Å². The van der Waals surface area contributed by atoms with E-state index in [9.17, 15) is 0 Å². The fraction of sp³-hybridized carbons (Fsp3) is 0.298. The van der Waals surface area contributed by atoms with Crippen LogP contribution in [0.4, 0.5) is 0 Å². The average molecular weight is 732 g/mol. The summed E-state index contributed by atoms with van der Waals surface area (Å²) in [5.41, 5.74) is 14.5. The second-order valence-corrected chi connectivity index (χ2v) is 14.7. The first-order valence-corrected chi connectivity index (χ1v) is 19.7. The highest BCUT2D eigenvalue weighted by Crippen LogP contribution is 2.33. The van der Waals surface area contributed by atoms with Crippen molar-refractivity contribution in [3.8, 4) is 0 Å². The Balaban J connectivity index is 0.951. The third-order valence-corrected chi connectivity index (χ3v) is 11.0. The molecule has 2 aromatic carbocycles. The lowest BCUT2D eigenvalue weighted by Crippen LogP contribution is -2.33. The molecule has 0 saturated carbocycles. The van der Waals surface area contributed by atoms with E-state index in [1.54, 1.807) is 0 Å². The van der Waals surface area contributed by atoms with Gasteiger partial charge in [0.2, 0.25) is 5.69 Å². The lowest BCUT2D eigenvalue weighted by Gasteiger charge is -2.16. The van der Waals surface area contributed by atoms with Crippen molar-refractivity contribution in [1.29, 1.82) is 0 Å². The maximum absolute atomic E-state index is 4.59. The number of rotatable bonds is 13. The monoisotopic (exact) mass is 731 g/mol. The quantitative estimate of drug-likeness (QED) is 0.0938. The van der Waals surface area contributed by atoms with Crippen molar-refractivity contribution < 1.29 is 4.57 Å². The molecule has 2 N–H and O–H groups in total. The van der Waals surface area contributed by atoms with E-state index in [0.29, 0.717) is 0 Å². The molecule has 0 radical (unpaired) electrons. The van der Waals surface area contributed by atoms with Crippen LogP contribution >= 0.6 is 0 Å². The summed E-state index contributed by atoms with van der Waals surface area (Å²) in [6.07, 6.45) is 22.8. The van der Waals surface area contributed by atoms with E-state index < -0.39 is 0 Å². The first-order chi connectivity index (χ1) is 26.8. The van der Waals surface area contributed by atoms with E-state index in [1.807, 2.05) is 31.7 Å². The Kier molecular flexibility index (Phi) is 11.6. The summed E-state index contributed by atoms with van der Waals surface area (Å²) < 4.78 is 7.27. The van der Waals surface area contributed by atoms with Crippen molar-refractivity contribution in [2.24, 2.45) is 4.99 Å². The molecule has 5 aromatic rings. The zero-order valence-electron chi connectivity index (χ0n) is 33.0. The number of aromatic nitrogens is 4. The molecule has 0 bridgehead atoms. The molecule has 0 amide bonds. The summed E-state index contributed by atoms with van der Waals surface area (Å²) in [7, 11) is 0. The highest BCUT2D eigenvalue weighted by Gasteiger charge is 2.26. The van der Waals surface area contributed by atoms with Gasteiger partial charge in [-0.05, 0) is 88.6 Å². The van der Waals surface area contributed by atoms with Gasteiger partial charge in [-0.1, -0.05) is 49.6 Å². The van der Waals surface area contributed by atoms with E-state index in [2.05, 4.69) is 152 Å². The van der Waals surface area contributed by atoms with Crippen LogP contribution in [0.5, 0.6) is 0 Å². The predicted molar refractivity (Wildman–Crippen MR) is 230 cm³/mol. The third kappa shape index (κ3) is 8.29. The Morgan fingerprint density at radius 3 is 2.27 bits per heavy atom. The Labute approximate surface area is 326 Å². The number of benzene rings is 2. The van der Waals surface area contributed by atoms with Gasteiger partial charge >= 0.3 is 0 Å². The van der Waals surface area contributed by atoms with Crippen LogP contribution in [-0.4, -0.2) is 44.9 Å². The first kappa shape index (κ1) is 37.4. The molecule has 5 heterocycles. The van der Waals surface area contributed by atoms with Crippen molar-refractivity contribution >= 4 is 45.7 Å². The van der Waals surface area contributed by atoms with E-state index in [4.69, 9.17) is 0 Å². The van der Waals surface area contributed by atoms with Crippen LogP contribution < -0.4 is 15.2 Å². The molecule has 7 rings (SSSR count). The van der Waals surface area contributed by atoms with E-state index in [1.165, 1.54) is 61.2 Å². The number of allylic oxidation sites excluding steroid dienone is 3. The van der Waals surface area contributed by atoms with E-state index >= 15 is 0 Å². The number of aryl methyl sites for hydroxylation is 4. The molecule has 8 heteroatoms. The molecule has 0 fully saturated rings. The van der Waals surface area contributed by atoms with Gasteiger partial charge < -0.3 is 24.7 Å². The number of hydrogen-bond donors (Lipinski definition) is 2. The highest BCUT2D eigenvalue weighted by atomic mass is 15.1. The molecule has 0 unspecified atom stereocenters. The zero-order valence-corrected chi connectivity index (χ0v) is 33.0. The Morgan fingerprint density at radius 1 is 0.891 bits per heavy atom. The Bertz CT molecular complexity index is 2380. The number of fused-ring (bicyclic) bond motifs is 3. The summed E-state index contributed by atoms with van der Waals surface area (Å²) in [5.74, 6) is 0. The van der Waals surface area contributed by atoms with Gasteiger partial charge in [-0.15, -0.1) is 0 Å². The predicted octanol–water partition coefficient (Wildman–Crippen LogP) is 9.00. The topological polar surface area (TPSA) is 66.3 Å². The molecular weight excluding hydrogens is 677 g/mol. The number of para-hydroxylation sites is 2. The molecule has 282 valence electrons. The largest absolute Gasteiger partial charge is 0.390 e. The summed E-state index contributed by atoms with van der Waals surface area (Å²) in [4.78, 5) is 11.3. The third-order valence-electron chi connectivity index (χ3n) is 11.0. The van der Waals surface area contributed by atoms with Crippen LogP contribution in [0.15, 0.2) is 121 Å². The van der Waals surface area contributed by atoms with Gasteiger partial charge in [-0.2, -0.15) is 4.57 Å². The molecule has 55 heavy (non-hydrogen) atoms. The summed E-state index contributed by atoms with van der Waals surface area (Å²) in [5, 5.41) is 9.49. The smallest absolute Gasteiger partial charge is 0.227 e. The zero-order chi connectivity index (χ0) is 38.3. The summed E-state index contributed by atoms with van der Waals surface area (Å²) in [6, 6.07) is 17.5. The van der Waals surface area contributed by atoms with Gasteiger partial charge in [0.05, 0.1) is 11.9 Å². The van der Waals surface area contributed by atoms with Crippen LogP contribution in [0, 0.1) is 20.8 Å². The van der Waals surface area contributed by atoms with Crippen LogP contribution in [0.25, 0.3) is 39.5 Å². The Hall–Kier alpha value is -5.89. The van der Waals surface area contributed by atoms with Crippen molar-refractivity contribution in [3.05, 3.63) is 150 Å².